The molecule has 0 aliphatic carbocycles. The van der Waals surface area contributed by atoms with Gasteiger partial charge in [-0.05, 0) is 19.1 Å². The number of thioether (sulfide) groups is 1. The third kappa shape index (κ3) is 2.73. The highest BCUT2D eigenvalue weighted by atomic mass is 32.2. The Morgan fingerprint density at radius 3 is 2.82 bits per heavy atom. The van der Waals surface area contributed by atoms with E-state index in [1.54, 1.807) is 18.9 Å². The Kier molecular flexibility index (Phi) is 3.59. The van der Waals surface area contributed by atoms with Crippen molar-refractivity contribution in [3.63, 3.8) is 0 Å². The zero-order valence-corrected chi connectivity index (χ0v) is 11.0. The van der Waals surface area contributed by atoms with E-state index in [1.807, 2.05) is 25.1 Å². The van der Waals surface area contributed by atoms with Gasteiger partial charge in [0.1, 0.15) is 5.75 Å². The summed E-state index contributed by atoms with van der Waals surface area (Å²) in [6, 6.07) is 5.95. The monoisotopic (exact) mass is 251 g/mol. The molecule has 2 unspecified atom stereocenters. The zero-order valence-electron chi connectivity index (χ0n) is 10.2. The van der Waals surface area contributed by atoms with Crippen LogP contribution in [0, 0.1) is 0 Å². The molecule has 1 heterocycles. The molecule has 3 N–H and O–H groups in total. The first kappa shape index (κ1) is 12.3. The van der Waals surface area contributed by atoms with Crippen LogP contribution in [0.3, 0.4) is 0 Å². The summed E-state index contributed by atoms with van der Waals surface area (Å²) in [5, 5.41) is 1.23. The van der Waals surface area contributed by atoms with Crippen LogP contribution in [0.5, 0.6) is 5.75 Å². The fourth-order valence-electron chi connectivity index (χ4n) is 1.43. The minimum atomic E-state index is 0.141. The van der Waals surface area contributed by atoms with Crippen LogP contribution < -0.4 is 10.5 Å². The largest absolute Gasteiger partial charge is 0.497 e. The Labute approximate surface area is 105 Å². The lowest BCUT2D eigenvalue weighted by Gasteiger charge is -2.12. The lowest BCUT2D eigenvalue weighted by atomic mass is 10.3. The Hall–Kier alpha value is -1.20. The van der Waals surface area contributed by atoms with Crippen LogP contribution in [0.15, 0.2) is 23.4 Å². The van der Waals surface area contributed by atoms with E-state index in [2.05, 4.69) is 16.9 Å². The van der Waals surface area contributed by atoms with Gasteiger partial charge < -0.3 is 15.5 Å². The van der Waals surface area contributed by atoms with Crippen LogP contribution in [0.1, 0.15) is 13.8 Å². The summed E-state index contributed by atoms with van der Waals surface area (Å²) >= 11 is 1.66. The number of aromatic amines is 1. The van der Waals surface area contributed by atoms with Gasteiger partial charge in [-0.25, -0.2) is 4.98 Å². The number of imidazole rings is 1. The summed E-state index contributed by atoms with van der Waals surface area (Å²) in [5.74, 6) is 0.831. The molecule has 0 bridgehead atoms. The molecule has 2 rings (SSSR count). The zero-order chi connectivity index (χ0) is 12.4. The van der Waals surface area contributed by atoms with Crippen LogP contribution in [0.4, 0.5) is 0 Å². The van der Waals surface area contributed by atoms with Crippen LogP contribution in [-0.4, -0.2) is 28.4 Å². The molecular formula is C12H17N3OS. The van der Waals surface area contributed by atoms with E-state index in [-0.39, 0.29) is 6.04 Å². The minimum Gasteiger partial charge on any atom is -0.497 e. The second-order valence-electron chi connectivity index (χ2n) is 4.11. The number of hydrogen-bond donors (Lipinski definition) is 2. The van der Waals surface area contributed by atoms with Crippen LogP contribution in [0.25, 0.3) is 11.0 Å². The fraction of sp³-hybridized carbons (Fsp3) is 0.417. The molecule has 92 valence electrons. The van der Waals surface area contributed by atoms with Crippen molar-refractivity contribution < 1.29 is 4.74 Å². The summed E-state index contributed by atoms with van der Waals surface area (Å²) in [4.78, 5) is 7.78. The van der Waals surface area contributed by atoms with Gasteiger partial charge in [-0.1, -0.05) is 18.7 Å². The van der Waals surface area contributed by atoms with Gasteiger partial charge in [0.05, 0.1) is 18.1 Å². The molecule has 2 aromatic rings. The lowest BCUT2D eigenvalue weighted by Crippen LogP contribution is -2.26. The summed E-state index contributed by atoms with van der Waals surface area (Å²) in [5.41, 5.74) is 7.78. The van der Waals surface area contributed by atoms with E-state index in [1.165, 1.54) is 0 Å². The molecule has 0 amide bonds. The first-order valence-electron chi connectivity index (χ1n) is 5.56. The van der Waals surface area contributed by atoms with E-state index in [0.717, 1.165) is 21.9 Å². The molecule has 0 saturated carbocycles. The second-order valence-corrected chi connectivity index (χ2v) is 5.47. The average Bonchev–Trinajstić information content (AvgIpc) is 2.69. The quantitative estimate of drug-likeness (QED) is 0.819. The van der Waals surface area contributed by atoms with Crippen molar-refractivity contribution in [1.82, 2.24) is 9.97 Å². The van der Waals surface area contributed by atoms with Crippen LogP contribution >= 0.6 is 11.8 Å². The minimum absolute atomic E-state index is 0.141. The number of nitrogens with two attached hydrogens (primary N) is 1. The van der Waals surface area contributed by atoms with Crippen molar-refractivity contribution in [2.24, 2.45) is 5.73 Å². The number of hydrogen-bond acceptors (Lipinski definition) is 4. The number of nitrogens with one attached hydrogen (secondary N) is 1. The number of rotatable bonds is 4. The number of aromatic nitrogens is 2. The molecule has 0 radical (unpaired) electrons. The van der Waals surface area contributed by atoms with E-state index in [9.17, 15) is 0 Å². The molecule has 0 saturated heterocycles. The molecule has 5 heteroatoms. The molecular weight excluding hydrogens is 234 g/mol. The number of fused-ring (bicyclic) bond motifs is 1. The highest BCUT2D eigenvalue weighted by Gasteiger charge is 2.12. The molecule has 0 fully saturated rings. The van der Waals surface area contributed by atoms with E-state index < -0.39 is 0 Å². The summed E-state index contributed by atoms with van der Waals surface area (Å²) < 4.78 is 5.18. The van der Waals surface area contributed by atoms with Crippen molar-refractivity contribution in [1.29, 1.82) is 0 Å². The Bertz CT molecular complexity index is 509. The summed E-state index contributed by atoms with van der Waals surface area (Å²) in [6.07, 6.45) is 0. The molecule has 17 heavy (non-hydrogen) atoms. The molecule has 0 spiro atoms. The Balaban J connectivity index is 2.25. The molecule has 1 aromatic heterocycles. The number of nitrogens with zero attached hydrogens (tertiary/aromatic N) is 1. The SMILES string of the molecule is COc1ccc2nc(SC(C)C(C)N)[nH]c2c1. The topological polar surface area (TPSA) is 63.9 Å². The van der Waals surface area contributed by atoms with Gasteiger partial charge >= 0.3 is 0 Å². The Morgan fingerprint density at radius 1 is 1.41 bits per heavy atom. The summed E-state index contributed by atoms with van der Waals surface area (Å²) in [6.45, 7) is 4.10. The van der Waals surface area contributed by atoms with Crippen molar-refractivity contribution in [3.05, 3.63) is 18.2 Å². The number of methoxy groups -OCH3 is 1. The number of H-pyrrole nitrogens is 1. The normalized spacial score (nSPS) is 14.8. The standard InChI is InChI=1S/C12H17N3OS/c1-7(13)8(2)17-12-14-10-5-4-9(16-3)6-11(10)15-12/h4-8H,13H2,1-3H3,(H,14,15). The second kappa shape index (κ2) is 4.98. The maximum atomic E-state index is 5.84. The highest BCUT2D eigenvalue weighted by molar-refractivity contribution is 7.99. The van der Waals surface area contributed by atoms with Crippen LogP contribution in [-0.2, 0) is 0 Å². The third-order valence-corrected chi connectivity index (χ3v) is 3.92. The van der Waals surface area contributed by atoms with E-state index in [0.29, 0.717) is 5.25 Å². The molecule has 1 aromatic carbocycles. The Morgan fingerprint density at radius 2 is 2.18 bits per heavy atom. The van der Waals surface area contributed by atoms with Crippen molar-refractivity contribution in [2.45, 2.75) is 30.3 Å². The molecule has 0 aliphatic rings. The average molecular weight is 251 g/mol. The van der Waals surface area contributed by atoms with Crippen LogP contribution in [0.2, 0.25) is 0 Å². The summed E-state index contributed by atoms with van der Waals surface area (Å²) in [7, 11) is 1.66. The van der Waals surface area contributed by atoms with Gasteiger partial charge in [0, 0.05) is 17.4 Å². The maximum absolute atomic E-state index is 5.84. The number of ether oxygens (including phenoxy) is 1. The first-order valence-corrected chi connectivity index (χ1v) is 6.44. The van der Waals surface area contributed by atoms with Gasteiger partial charge in [-0.3, -0.25) is 0 Å². The third-order valence-electron chi connectivity index (χ3n) is 2.71. The maximum Gasteiger partial charge on any atom is 0.166 e. The van der Waals surface area contributed by atoms with Crippen molar-refractivity contribution in [2.75, 3.05) is 7.11 Å². The van der Waals surface area contributed by atoms with E-state index in [4.69, 9.17) is 10.5 Å². The lowest BCUT2D eigenvalue weighted by molar-refractivity contribution is 0.415. The van der Waals surface area contributed by atoms with Gasteiger partial charge in [-0.2, -0.15) is 0 Å². The molecule has 4 nitrogen and oxygen atoms in total. The highest BCUT2D eigenvalue weighted by Crippen LogP contribution is 2.26. The van der Waals surface area contributed by atoms with Crippen molar-refractivity contribution in [3.8, 4) is 5.75 Å². The predicted octanol–water partition coefficient (Wildman–Crippen LogP) is 2.40. The fourth-order valence-corrected chi connectivity index (χ4v) is 2.32. The van der Waals surface area contributed by atoms with Gasteiger partial charge in [0.15, 0.2) is 5.16 Å². The molecule has 2 atom stereocenters. The van der Waals surface area contributed by atoms with Crippen molar-refractivity contribution >= 4 is 22.8 Å². The smallest absolute Gasteiger partial charge is 0.166 e. The van der Waals surface area contributed by atoms with Gasteiger partial charge in [0.2, 0.25) is 0 Å². The predicted molar refractivity (Wildman–Crippen MR) is 71.6 cm³/mol. The van der Waals surface area contributed by atoms with Gasteiger partial charge in [0.25, 0.3) is 0 Å². The number of benzene rings is 1. The van der Waals surface area contributed by atoms with E-state index >= 15 is 0 Å². The first-order chi connectivity index (χ1) is 8.10. The van der Waals surface area contributed by atoms with Gasteiger partial charge in [-0.15, -0.1) is 0 Å². The molecule has 0 aliphatic heterocycles.